The average Bonchev–Trinajstić information content (AvgIpc) is 2.47. The molecule has 1 aromatic carbocycles. The molecule has 0 unspecified atom stereocenters. The van der Waals surface area contributed by atoms with E-state index in [1.165, 1.54) is 7.11 Å². The topological polar surface area (TPSA) is 70.0 Å². The molecule has 0 aliphatic carbocycles. The highest BCUT2D eigenvalue weighted by Crippen LogP contribution is 2.31. The Hall–Kier alpha value is -1.75. The molecule has 1 saturated heterocycles. The van der Waals surface area contributed by atoms with Crippen molar-refractivity contribution in [3.05, 3.63) is 23.8 Å². The summed E-state index contributed by atoms with van der Waals surface area (Å²) < 4.78 is 5.00. The lowest BCUT2D eigenvalue weighted by Gasteiger charge is -2.31. The number of aliphatic hydroxyl groups excluding tert-OH is 1. The van der Waals surface area contributed by atoms with Gasteiger partial charge in [-0.2, -0.15) is 0 Å². The van der Waals surface area contributed by atoms with Gasteiger partial charge < -0.3 is 19.8 Å². The lowest BCUT2D eigenvalue weighted by atomic mass is 9.97. The van der Waals surface area contributed by atoms with Gasteiger partial charge in [0.05, 0.1) is 12.7 Å². The summed E-state index contributed by atoms with van der Waals surface area (Å²) in [6.07, 6.45) is 1.60. The maximum absolute atomic E-state index is 12.3. The molecule has 0 aromatic heterocycles. The normalized spacial score (nSPS) is 16.4. The molecule has 0 saturated carbocycles. The molecule has 0 radical (unpaired) electrons. The van der Waals surface area contributed by atoms with Crippen molar-refractivity contribution in [1.29, 1.82) is 0 Å². The highest BCUT2D eigenvalue weighted by molar-refractivity contribution is 5.97. The van der Waals surface area contributed by atoms with Crippen LogP contribution in [0.15, 0.2) is 18.2 Å². The van der Waals surface area contributed by atoms with Crippen molar-refractivity contribution in [2.75, 3.05) is 26.8 Å². The van der Waals surface area contributed by atoms with E-state index in [0.717, 1.165) is 12.8 Å². The van der Waals surface area contributed by atoms with Gasteiger partial charge in [0.1, 0.15) is 0 Å². The van der Waals surface area contributed by atoms with Gasteiger partial charge in [0, 0.05) is 19.7 Å². The number of carbonyl (C=O) groups excluding carboxylic acids is 1. The van der Waals surface area contributed by atoms with Gasteiger partial charge in [-0.05, 0) is 30.9 Å². The minimum absolute atomic E-state index is 0.112. The molecule has 1 aliphatic heterocycles. The summed E-state index contributed by atoms with van der Waals surface area (Å²) in [7, 11) is 1.45. The molecule has 0 bridgehead atoms. The number of carbonyl (C=O) groups is 1. The number of benzene rings is 1. The third kappa shape index (κ3) is 2.81. The van der Waals surface area contributed by atoms with Gasteiger partial charge in [0.15, 0.2) is 11.5 Å². The minimum atomic E-state index is -0.187. The number of nitrogens with zero attached hydrogens (tertiary/aromatic N) is 1. The van der Waals surface area contributed by atoms with Crippen LogP contribution in [0.1, 0.15) is 23.2 Å². The zero-order chi connectivity index (χ0) is 13.8. The Kier molecular flexibility index (Phi) is 4.27. The number of ether oxygens (including phenoxy) is 1. The number of amides is 1. The van der Waals surface area contributed by atoms with Crippen molar-refractivity contribution >= 4 is 5.91 Å². The van der Waals surface area contributed by atoms with Gasteiger partial charge in [0.2, 0.25) is 0 Å². The van der Waals surface area contributed by atoms with E-state index >= 15 is 0 Å². The second-order valence-corrected chi connectivity index (χ2v) is 4.77. The first-order valence-electron chi connectivity index (χ1n) is 6.43. The van der Waals surface area contributed by atoms with Gasteiger partial charge in [-0.3, -0.25) is 4.79 Å². The fourth-order valence-electron chi connectivity index (χ4n) is 2.35. The van der Waals surface area contributed by atoms with E-state index in [2.05, 4.69) is 0 Å². The number of hydrogen-bond acceptors (Lipinski definition) is 4. The largest absolute Gasteiger partial charge is 0.504 e. The molecule has 0 atom stereocenters. The van der Waals surface area contributed by atoms with Crippen molar-refractivity contribution in [3.63, 3.8) is 0 Å². The Labute approximate surface area is 112 Å². The van der Waals surface area contributed by atoms with Crippen LogP contribution < -0.4 is 4.74 Å². The lowest BCUT2D eigenvalue weighted by Crippen LogP contribution is -2.39. The highest BCUT2D eigenvalue weighted by Gasteiger charge is 2.25. The summed E-state index contributed by atoms with van der Waals surface area (Å²) in [5.74, 6) is 0.283. The van der Waals surface area contributed by atoms with E-state index in [4.69, 9.17) is 9.84 Å². The van der Waals surface area contributed by atoms with E-state index in [0.29, 0.717) is 18.8 Å². The van der Waals surface area contributed by atoms with Gasteiger partial charge in [0.25, 0.3) is 5.91 Å². The summed E-state index contributed by atoms with van der Waals surface area (Å²) in [6.45, 7) is 1.40. The zero-order valence-electron chi connectivity index (χ0n) is 11.0. The minimum Gasteiger partial charge on any atom is -0.504 e. The SMILES string of the molecule is COc1cccc(C(=O)N2CCC(CO)CC2)c1O. The van der Waals surface area contributed by atoms with E-state index in [1.807, 2.05) is 0 Å². The van der Waals surface area contributed by atoms with Gasteiger partial charge in [-0.15, -0.1) is 0 Å². The molecule has 5 nitrogen and oxygen atoms in total. The van der Waals surface area contributed by atoms with Crippen LogP contribution in [-0.2, 0) is 0 Å². The molecular formula is C14H19NO4. The Morgan fingerprint density at radius 3 is 2.68 bits per heavy atom. The summed E-state index contributed by atoms with van der Waals surface area (Å²) >= 11 is 0. The van der Waals surface area contributed by atoms with Crippen LogP contribution in [-0.4, -0.2) is 47.8 Å². The van der Waals surface area contributed by atoms with Crippen molar-refractivity contribution in [3.8, 4) is 11.5 Å². The average molecular weight is 265 g/mol. The Bertz CT molecular complexity index is 453. The number of phenolic OH excluding ortho intramolecular Hbond substituents is 1. The lowest BCUT2D eigenvalue weighted by molar-refractivity contribution is 0.0647. The summed E-state index contributed by atoms with van der Waals surface area (Å²) in [4.78, 5) is 14.0. The maximum Gasteiger partial charge on any atom is 0.257 e. The zero-order valence-corrected chi connectivity index (χ0v) is 11.0. The molecule has 104 valence electrons. The Balaban J connectivity index is 2.12. The Morgan fingerprint density at radius 1 is 1.42 bits per heavy atom. The number of phenols is 1. The highest BCUT2D eigenvalue weighted by atomic mass is 16.5. The van der Waals surface area contributed by atoms with Gasteiger partial charge in [-0.25, -0.2) is 0 Å². The van der Waals surface area contributed by atoms with Gasteiger partial charge >= 0.3 is 0 Å². The molecule has 19 heavy (non-hydrogen) atoms. The van der Waals surface area contributed by atoms with Crippen molar-refractivity contribution in [1.82, 2.24) is 4.90 Å². The predicted molar refractivity (Wildman–Crippen MR) is 70.4 cm³/mol. The summed E-state index contributed by atoms with van der Waals surface area (Å²) in [6, 6.07) is 4.90. The molecule has 2 rings (SSSR count). The second-order valence-electron chi connectivity index (χ2n) is 4.77. The number of aromatic hydroxyl groups is 1. The first-order valence-corrected chi connectivity index (χ1v) is 6.43. The molecule has 1 heterocycles. The Morgan fingerprint density at radius 2 is 2.11 bits per heavy atom. The summed E-state index contributed by atoms with van der Waals surface area (Å²) in [5, 5.41) is 19.1. The number of likely N-dealkylation sites (tertiary alicyclic amines) is 1. The number of hydrogen-bond donors (Lipinski definition) is 2. The van der Waals surface area contributed by atoms with Crippen LogP contribution in [0, 0.1) is 5.92 Å². The quantitative estimate of drug-likeness (QED) is 0.863. The van der Waals surface area contributed by atoms with E-state index < -0.39 is 0 Å². The molecule has 1 amide bonds. The fourth-order valence-corrected chi connectivity index (χ4v) is 2.35. The molecule has 1 aromatic rings. The third-order valence-corrected chi connectivity index (χ3v) is 3.61. The van der Waals surface area contributed by atoms with Crippen LogP contribution in [0.2, 0.25) is 0 Å². The molecule has 2 N–H and O–H groups in total. The third-order valence-electron chi connectivity index (χ3n) is 3.61. The second kappa shape index (κ2) is 5.93. The van der Waals surface area contributed by atoms with Crippen LogP contribution in [0.3, 0.4) is 0 Å². The van der Waals surface area contributed by atoms with Gasteiger partial charge in [-0.1, -0.05) is 6.07 Å². The summed E-state index contributed by atoms with van der Waals surface area (Å²) in [5.41, 5.74) is 0.266. The predicted octanol–water partition coefficient (Wildman–Crippen LogP) is 1.25. The van der Waals surface area contributed by atoms with Crippen molar-refractivity contribution in [2.45, 2.75) is 12.8 Å². The molecule has 5 heteroatoms. The van der Waals surface area contributed by atoms with Crippen LogP contribution in [0.4, 0.5) is 0 Å². The number of aliphatic hydroxyl groups is 1. The van der Waals surface area contributed by atoms with E-state index in [1.54, 1.807) is 23.1 Å². The van der Waals surface area contributed by atoms with Crippen molar-refractivity contribution < 1.29 is 19.7 Å². The first-order chi connectivity index (χ1) is 9.17. The van der Waals surface area contributed by atoms with Crippen LogP contribution >= 0.6 is 0 Å². The van der Waals surface area contributed by atoms with E-state index in [-0.39, 0.29) is 29.7 Å². The van der Waals surface area contributed by atoms with Crippen LogP contribution in [0.25, 0.3) is 0 Å². The molecule has 1 fully saturated rings. The number of rotatable bonds is 3. The number of para-hydroxylation sites is 1. The first kappa shape index (κ1) is 13.7. The number of piperidine rings is 1. The molecular weight excluding hydrogens is 246 g/mol. The van der Waals surface area contributed by atoms with Crippen LogP contribution in [0.5, 0.6) is 11.5 Å². The smallest absolute Gasteiger partial charge is 0.257 e. The van der Waals surface area contributed by atoms with E-state index in [9.17, 15) is 9.90 Å². The monoisotopic (exact) mass is 265 g/mol. The standard InChI is InChI=1S/C14H19NO4/c1-19-12-4-2-3-11(13(12)17)14(18)15-7-5-10(9-16)6-8-15/h2-4,10,16-17H,5-9H2,1H3. The molecule has 1 aliphatic rings. The molecule has 0 spiro atoms. The fraction of sp³-hybridized carbons (Fsp3) is 0.500. The number of methoxy groups -OCH3 is 1. The van der Waals surface area contributed by atoms with Crippen molar-refractivity contribution in [2.24, 2.45) is 5.92 Å². The maximum atomic E-state index is 12.3.